The van der Waals surface area contributed by atoms with Crippen molar-refractivity contribution in [2.24, 2.45) is 0 Å². The number of allylic oxidation sites excluding steroid dienone is 3. The van der Waals surface area contributed by atoms with Crippen molar-refractivity contribution in [1.29, 1.82) is 0 Å². The minimum absolute atomic E-state index is 0.0908. The van der Waals surface area contributed by atoms with Crippen LogP contribution in [0.4, 0.5) is 11.5 Å². The van der Waals surface area contributed by atoms with Crippen molar-refractivity contribution in [3.05, 3.63) is 79.0 Å². The SMILES string of the molecule is C=C/C=C(\C(=C)O)c1cc(Nc2cccc(CS(C)=O)c2)ncn1. The lowest BCUT2D eigenvalue weighted by atomic mass is 10.1. The Kier molecular flexibility index (Phi) is 6.03. The average molecular weight is 341 g/mol. The van der Waals surface area contributed by atoms with Gasteiger partial charge in [-0.25, -0.2) is 9.97 Å². The van der Waals surface area contributed by atoms with E-state index in [4.69, 9.17) is 0 Å². The maximum absolute atomic E-state index is 11.4. The first-order valence-electron chi connectivity index (χ1n) is 7.19. The molecule has 0 amide bonds. The van der Waals surface area contributed by atoms with Crippen LogP contribution >= 0.6 is 0 Å². The molecule has 0 aliphatic carbocycles. The Morgan fingerprint density at radius 1 is 1.38 bits per heavy atom. The van der Waals surface area contributed by atoms with Crippen molar-refractivity contribution in [1.82, 2.24) is 9.97 Å². The number of aliphatic hydroxyl groups is 1. The van der Waals surface area contributed by atoms with Gasteiger partial charge < -0.3 is 10.4 Å². The zero-order valence-electron chi connectivity index (χ0n) is 13.4. The first kappa shape index (κ1) is 17.6. The molecule has 0 bridgehead atoms. The van der Waals surface area contributed by atoms with Crippen LogP contribution in [-0.4, -0.2) is 25.5 Å². The third kappa shape index (κ3) is 4.89. The minimum Gasteiger partial charge on any atom is -0.508 e. The van der Waals surface area contributed by atoms with Gasteiger partial charge in [-0.3, -0.25) is 4.21 Å². The van der Waals surface area contributed by atoms with E-state index < -0.39 is 10.8 Å². The van der Waals surface area contributed by atoms with Crippen LogP contribution in [0, 0.1) is 0 Å². The highest BCUT2D eigenvalue weighted by Crippen LogP contribution is 2.22. The molecule has 1 heterocycles. The molecule has 2 rings (SSSR count). The lowest BCUT2D eigenvalue weighted by molar-refractivity contribution is 0.440. The summed E-state index contributed by atoms with van der Waals surface area (Å²) in [5.41, 5.74) is 2.82. The third-order valence-electron chi connectivity index (χ3n) is 3.11. The Morgan fingerprint density at radius 2 is 2.17 bits per heavy atom. The van der Waals surface area contributed by atoms with E-state index in [1.54, 1.807) is 24.5 Å². The van der Waals surface area contributed by atoms with E-state index in [0.717, 1.165) is 11.3 Å². The van der Waals surface area contributed by atoms with Crippen LogP contribution in [0.1, 0.15) is 11.3 Å². The first-order valence-corrected chi connectivity index (χ1v) is 8.91. The van der Waals surface area contributed by atoms with Gasteiger partial charge in [-0.05, 0) is 23.8 Å². The van der Waals surface area contributed by atoms with E-state index in [1.807, 2.05) is 24.3 Å². The fourth-order valence-corrected chi connectivity index (χ4v) is 2.79. The summed E-state index contributed by atoms with van der Waals surface area (Å²) in [5.74, 6) is 0.985. The van der Waals surface area contributed by atoms with Gasteiger partial charge in [0.25, 0.3) is 0 Å². The molecule has 0 radical (unpaired) electrons. The Morgan fingerprint density at radius 3 is 2.83 bits per heavy atom. The topological polar surface area (TPSA) is 75.1 Å². The molecular weight excluding hydrogens is 322 g/mol. The summed E-state index contributed by atoms with van der Waals surface area (Å²) in [6.07, 6.45) is 6.26. The van der Waals surface area contributed by atoms with Crippen LogP contribution in [0.25, 0.3) is 5.57 Å². The number of hydrogen-bond acceptors (Lipinski definition) is 5. The number of nitrogens with zero attached hydrogens (tertiary/aromatic N) is 2. The predicted octanol–water partition coefficient (Wildman–Crippen LogP) is 3.74. The van der Waals surface area contributed by atoms with Gasteiger partial charge in [0.2, 0.25) is 0 Å². The summed E-state index contributed by atoms with van der Waals surface area (Å²) >= 11 is 0. The smallest absolute Gasteiger partial charge is 0.134 e. The van der Waals surface area contributed by atoms with Crippen LogP contribution in [0.2, 0.25) is 0 Å². The molecule has 1 aromatic carbocycles. The lowest BCUT2D eigenvalue weighted by Crippen LogP contribution is -1.99. The van der Waals surface area contributed by atoms with E-state index in [-0.39, 0.29) is 5.76 Å². The van der Waals surface area contributed by atoms with Crippen LogP contribution in [0.15, 0.2) is 67.7 Å². The number of benzene rings is 1. The van der Waals surface area contributed by atoms with Crippen molar-refractivity contribution in [3.8, 4) is 0 Å². The van der Waals surface area contributed by atoms with Crippen LogP contribution < -0.4 is 5.32 Å². The molecule has 0 aliphatic heterocycles. The van der Waals surface area contributed by atoms with E-state index in [2.05, 4.69) is 28.4 Å². The van der Waals surface area contributed by atoms with Crippen molar-refractivity contribution >= 4 is 27.9 Å². The van der Waals surface area contributed by atoms with Gasteiger partial charge >= 0.3 is 0 Å². The van der Waals surface area contributed by atoms with Gasteiger partial charge in [-0.1, -0.05) is 31.4 Å². The first-order chi connectivity index (χ1) is 11.5. The van der Waals surface area contributed by atoms with Gasteiger partial charge in [0.1, 0.15) is 17.9 Å². The summed E-state index contributed by atoms with van der Waals surface area (Å²) in [4.78, 5) is 8.33. The third-order valence-corrected chi connectivity index (χ3v) is 3.85. The number of rotatable bonds is 7. The molecule has 0 saturated carbocycles. The zero-order chi connectivity index (χ0) is 17.5. The molecule has 0 aliphatic rings. The summed E-state index contributed by atoms with van der Waals surface area (Å²) in [5, 5.41) is 12.9. The van der Waals surface area contributed by atoms with E-state index >= 15 is 0 Å². The summed E-state index contributed by atoms with van der Waals surface area (Å²) < 4.78 is 11.4. The van der Waals surface area contributed by atoms with E-state index in [9.17, 15) is 9.32 Å². The highest BCUT2D eigenvalue weighted by atomic mass is 32.2. The molecule has 0 fully saturated rings. The molecule has 2 N–H and O–H groups in total. The predicted molar refractivity (Wildman–Crippen MR) is 99.5 cm³/mol. The largest absolute Gasteiger partial charge is 0.508 e. The molecule has 2 aromatic rings. The standard InChI is InChI=1S/C18H19N3O2S/c1-4-6-16(13(2)22)17-10-18(20-12-19-17)21-15-8-5-7-14(9-15)11-24(3)23/h4-10,12,22H,1-2,11H2,3H3,(H,19,20,21)/b16-6+. The molecule has 24 heavy (non-hydrogen) atoms. The average Bonchev–Trinajstić information content (AvgIpc) is 2.52. The van der Waals surface area contributed by atoms with Gasteiger partial charge in [0, 0.05) is 40.1 Å². The number of aliphatic hydroxyl groups excluding tert-OH is 1. The highest BCUT2D eigenvalue weighted by molar-refractivity contribution is 7.83. The molecule has 0 spiro atoms. The second-order valence-electron chi connectivity index (χ2n) is 5.09. The molecule has 1 unspecified atom stereocenters. The second-order valence-corrected chi connectivity index (χ2v) is 6.53. The van der Waals surface area contributed by atoms with Crippen molar-refractivity contribution in [2.75, 3.05) is 11.6 Å². The quantitative estimate of drug-likeness (QED) is 0.593. The Balaban J connectivity index is 2.27. The molecule has 124 valence electrons. The molecule has 1 aromatic heterocycles. The van der Waals surface area contributed by atoms with Crippen LogP contribution in [0.3, 0.4) is 0 Å². The number of nitrogens with one attached hydrogen (secondary N) is 1. The summed E-state index contributed by atoms with van der Waals surface area (Å²) in [6.45, 7) is 7.15. The van der Waals surface area contributed by atoms with Crippen molar-refractivity contribution in [3.63, 3.8) is 0 Å². The molecule has 6 heteroatoms. The normalized spacial score (nSPS) is 12.5. The van der Waals surface area contributed by atoms with Gasteiger partial charge in [0.15, 0.2) is 0 Å². The van der Waals surface area contributed by atoms with Crippen molar-refractivity contribution < 1.29 is 9.32 Å². The zero-order valence-corrected chi connectivity index (χ0v) is 14.2. The van der Waals surface area contributed by atoms with Gasteiger partial charge in [0.05, 0.1) is 5.69 Å². The summed E-state index contributed by atoms with van der Waals surface area (Å²) in [7, 11) is -0.897. The number of anilines is 2. The second kappa shape index (κ2) is 8.21. The molecule has 1 atom stereocenters. The van der Waals surface area contributed by atoms with Crippen LogP contribution in [0.5, 0.6) is 0 Å². The fourth-order valence-electron chi connectivity index (χ4n) is 2.14. The molecule has 0 saturated heterocycles. The van der Waals surface area contributed by atoms with Crippen LogP contribution in [-0.2, 0) is 16.6 Å². The Hall–Kier alpha value is -2.73. The Bertz CT molecular complexity index is 815. The number of aromatic nitrogens is 2. The van der Waals surface area contributed by atoms with Gasteiger partial charge in [-0.15, -0.1) is 0 Å². The molecular formula is C18H19N3O2S. The van der Waals surface area contributed by atoms with Crippen molar-refractivity contribution in [2.45, 2.75) is 5.75 Å². The fraction of sp³-hybridized carbons (Fsp3) is 0.111. The highest BCUT2D eigenvalue weighted by Gasteiger charge is 2.08. The molecule has 5 nitrogen and oxygen atoms in total. The summed E-state index contributed by atoms with van der Waals surface area (Å²) in [6, 6.07) is 9.36. The monoisotopic (exact) mass is 341 g/mol. The maximum atomic E-state index is 11.4. The lowest BCUT2D eigenvalue weighted by Gasteiger charge is -2.09. The number of hydrogen-bond donors (Lipinski definition) is 2. The van der Waals surface area contributed by atoms with E-state index in [1.165, 1.54) is 6.33 Å². The van der Waals surface area contributed by atoms with Gasteiger partial charge in [-0.2, -0.15) is 0 Å². The minimum atomic E-state index is -0.897. The maximum Gasteiger partial charge on any atom is 0.134 e. The Labute approximate surface area is 143 Å². The van der Waals surface area contributed by atoms with E-state index in [0.29, 0.717) is 22.8 Å².